The fraction of sp³-hybridized carbons (Fsp3) is 0.625. The SMILES string of the molecule is CC1=C2CCC(=S)N2CC1. The van der Waals surface area contributed by atoms with Gasteiger partial charge in [0.15, 0.2) is 0 Å². The van der Waals surface area contributed by atoms with Crippen molar-refractivity contribution >= 4 is 17.2 Å². The van der Waals surface area contributed by atoms with E-state index in [0.29, 0.717) is 0 Å². The molecule has 0 aromatic rings. The van der Waals surface area contributed by atoms with Crippen LogP contribution < -0.4 is 0 Å². The fourth-order valence-corrected chi connectivity index (χ4v) is 2.08. The zero-order valence-electron chi connectivity index (χ0n) is 6.18. The minimum atomic E-state index is 1.11. The van der Waals surface area contributed by atoms with Gasteiger partial charge in [0.25, 0.3) is 0 Å². The number of hydrogen-bond donors (Lipinski definition) is 0. The highest BCUT2D eigenvalue weighted by Gasteiger charge is 2.27. The van der Waals surface area contributed by atoms with Gasteiger partial charge in [-0.1, -0.05) is 17.8 Å². The molecule has 1 nitrogen and oxygen atoms in total. The molecular formula is C8H11NS. The molecule has 0 aliphatic carbocycles. The summed E-state index contributed by atoms with van der Waals surface area (Å²) in [6, 6.07) is 0. The van der Waals surface area contributed by atoms with Crippen LogP contribution >= 0.6 is 12.2 Å². The number of fused-ring (bicyclic) bond motifs is 1. The first-order chi connectivity index (χ1) is 4.79. The van der Waals surface area contributed by atoms with Gasteiger partial charge >= 0.3 is 0 Å². The zero-order valence-corrected chi connectivity index (χ0v) is 7.00. The molecule has 0 spiro atoms. The van der Waals surface area contributed by atoms with Crippen LogP contribution in [0, 0.1) is 0 Å². The van der Waals surface area contributed by atoms with Crippen LogP contribution in [0.5, 0.6) is 0 Å². The predicted molar refractivity (Wildman–Crippen MR) is 45.9 cm³/mol. The second kappa shape index (κ2) is 2.06. The molecule has 0 radical (unpaired) electrons. The number of nitrogens with zero attached hydrogens (tertiary/aromatic N) is 1. The molecule has 2 aliphatic rings. The van der Waals surface area contributed by atoms with E-state index >= 15 is 0 Å². The number of allylic oxidation sites excluding steroid dienone is 1. The Morgan fingerprint density at radius 2 is 2.10 bits per heavy atom. The third-order valence-corrected chi connectivity index (χ3v) is 2.83. The van der Waals surface area contributed by atoms with Crippen molar-refractivity contribution in [1.29, 1.82) is 0 Å². The molecule has 2 aliphatic heterocycles. The van der Waals surface area contributed by atoms with Gasteiger partial charge in [-0.3, -0.25) is 0 Å². The summed E-state index contributed by atoms with van der Waals surface area (Å²) in [5.74, 6) is 0. The van der Waals surface area contributed by atoms with E-state index in [4.69, 9.17) is 12.2 Å². The van der Waals surface area contributed by atoms with Gasteiger partial charge in [0.05, 0.1) is 4.99 Å². The lowest BCUT2D eigenvalue weighted by Gasteiger charge is -2.12. The summed E-state index contributed by atoms with van der Waals surface area (Å²) in [5, 5.41) is 0. The highest BCUT2D eigenvalue weighted by Crippen LogP contribution is 2.32. The molecule has 2 heterocycles. The van der Waals surface area contributed by atoms with Crippen molar-refractivity contribution in [1.82, 2.24) is 4.90 Å². The molecule has 1 saturated heterocycles. The first kappa shape index (κ1) is 6.35. The molecule has 0 atom stereocenters. The quantitative estimate of drug-likeness (QED) is 0.490. The maximum atomic E-state index is 5.20. The van der Waals surface area contributed by atoms with E-state index < -0.39 is 0 Å². The largest absolute Gasteiger partial charge is 0.339 e. The summed E-state index contributed by atoms with van der Waals surface area (Å²) >= 11 is 5.20. The van der Waals surface area contributed by atoms with Crippen molar-refractivity contribution in [2.75, 3.05) is 6.54 Å². The molecule has 0 aromatic heterocycles. The molecule has 2 rings (SSSR count). The third-order valence-electron chi connectivity index (χ3n) is 2.41. The lowest BCUT2D eigenvalue weighted by atomic mass is 10.2. The van der Waals surface area contributed by atoms with E-state index in [1.807, 2.05) is 0 Å². The molecule has 0 amide bonds. The van der Waals surface area contributed by atoms with Crippen molar-refractivity contribution in [3.8, 4) is 0 Å². The number of rotatable bonds is 0. The Bertz CT molecular complexity index is 217. The van der Waals surface area contributed by atoms with Gasteiger partial charge < -0.3 is 4.90 Å². The van der Waals surface area contributed by atoms with Crippen molar-refractivity contribution in [2.45, 2.75) is 26.2 Å². The van der Waals surface area contributed by atoms with Crippen LogP contribution in [0.3, 0.4) is 0 Å². The van der Waals surface area contributed by atoms with Crippen molar-refractivity contribution in [3.05, 3.63) is 11.3 Å². The number of thiocarbonyl (C=S) groups is 1. The summed E-state index contributed by atoms with van der Waals surface area (Å²) in [6.07, 6.45) is 3.54. The molecule has 0 unspecified atom stereocenters. The van der Waals surface area contributed by atoms with Gasteiger partial charge in [0, 0.05) is 18.7 Å². The van der Waals surface area contributed by atoms with Gasteiger partial charge in [-0.05, 0) is 19.8 Å². The molecule has 0 aromatic carbocycles. The van der Waals surface area contributed by atoms with E-state index in [9.17, 15) is 0 Å². The van der Waals surface area contributed by atoms with Crippen molar-refractivity contribution < 1.29 is 0 Å². The summed E-state index contributed by atoms with van der Waals surface area (Å²) in [6.45, 7) is 3.38. The Hall–Kier alpha value is -0.370. The zero-order chi connectivity index (χ0) is 7.14. The summed E-state index contributed by atoms with van der Waals surface area (Å²) < 4.78 is 0. The first-order valence-corrected chi connectivity index (χ1v) is 4.19. The molecule has 0 bridgehead atoms. The van der Waals surface area contributed by atoms with Gasteiger partial charge in [0.1, 0.15) is 0 Å². The predicted octanol–water partition coefficient (Wildman–Crippen LogP) is 2.09. The van der Waals surface area contributed by atoms with Gasteiger partial charge in [-0.15, -0.1) is 0 Å². The van der Waals surface area contributed by atoms with E-state index in [1.165, 1.54) is 18.5 Å². The fourth-order valence-electron chi connectivity index (χ4n) is 1.77. The third kappa shape index (κ3) is 0.717. The Labute approximate surface area is 66.7 Å². The minimum absolute atomic E-state index is 1.11. The van der Waals surface area contributed by atoms with E-state index in [0.717, 1.165) is 18.0 Å². The highest BCUT2D eigenvalue weighted by molar-refractivity contribution is 7.80. The summed E-state index contributed by atoms with van der Waals surface area (Å²) in [4.78, 5) is 3.47. The van der Waals surface area contributed by atoms with Crippen molar-refractivity contribution in [3.63, 3.8) is 0 Å². The van der Waals surface area contributed by atoms with E-state index in [2.05, 4.69) is 11.8 Å². The molecule has 54 valence electrons. The monoisotopic (exact) mass is 153 g/mol. The van der Waals surface area contributed by atoms with E-state index in [-0.39, 0.29) is 0 Å². The Kier molecular flexibility index (Phi) is 1.31. The smallest absolute Gasteiger partial charge is 0.0825 e. The van der Waals surface area contributed by atoms with Crippen LogP contribution in [-0.2, 0) is 0 Å². The van der Waals surface area contributed by atoms with Crippen LogP contribution in [0.2, 0.25) is 0 Å². The molecule has 10 heavy (non-hydrogen) atoms. The number of hydrogen-bond acceptors (Lipinski definition) is 1. The van der Waals surface area contributed by atoms with Gasteiger partial charge in [-0.25, -0.2) is 0 Å². The molecule has 1 fully saturated rings. The topological polar surface area (TPSA) is 3.24 Å². The lowest BCUT2D eigenvalue weighted by Crippen LogP contribution is -2.18. The van der Waals surface area contributed by atoms with Crippen LogP contribution in [-0.4, -0.2) is 16.4 Å². The maximum Gasteiger partial charge on any atom is 0.0825 e. The van der Waals surface area contributed by atoms with Crippen LogP contribution in [0.1, 0.15) is 26.2 Å². The Morgan fingerprint density at radius 3 is 2.80 bits per heavy atom. The van der Waals surface area contributed by atoms with Gasteiger partial charge in [0.2, 0.25) is 0 Å². The molecule has 2 heteroatoms. The van der Waals surface area contributed by atoms with Crippen LogP contribution in [0.15, 0.2) is 11.3 Å². The van der Waals surface area contributed by atoms with E-state index in [1.54, 1.807) is 5.57 Å². The normalized spacial score (nSPS) is 24.5. The van der Waals surface area contributed by atoms with Crippen LogP contribution in [0.4, 0.5) is 0 Å². The Morgan fingerprint density at radius 1 is 1.30 bits per heavy atom. The molecule has 0 saturated carbocycles. The standard InChI is InChI=1S/C8H11NS/c1-6-4-5-9-7(6)2-3-8(9)10/h2-5H2,1H3. The second-order valence-corrected chi connectivity index (χ2v) is 3.49. The summed E-state index contributed by atoms with van der Waals surface area (Å²) in [7, 11) is 0. The minimum Gasteiger partial charge on any atom is -0.339 e. The second-order valence-electron chi connectivity index (χ2n) is 3.02. The average Bonchev–Trinajstić information content (AvgIpc) is 2.41. The Balaban J connectivity index is 2.35. The van der Waals surface area contributed by atoms with Crippen LogP contribution in [0.25, 0.3) is 0 Å². The summed E-state index contributed by atoms with van der Waals surface area (Å²) in [5.41, 5.74) is 3.07. The average molecular weight is 153 g/mol. The first-order valence-electron chi connectivity index (χ1n) is 3.78. The molecule has 0 N–H and O–H groups in total. The lowest BCUT2D eigenvalue weighted by molar-refractivity contribution is 0.586. The molecular weight excluding hydrogens is 142 g/mol. The highest BCUT2D eigenvalue weighted by atomic mass is 32.1. The van der Waals surface area contributed by atoms with Crippen molar-refractivity contribution in [2.24, 2.45) is 0 Å². The maximum absolute atomic E-state index is 5.20. The van der Waals surface area contributed by atoms with Gasteiger partial charge in [-0.2, -0.15) is 0 Å².